The lowest BCUT2D eigenvalue weighted by atomic mass is 10.1. The number of rotatable bonds is 6. The molecule has 5 nitrogen and oxygen atoms in total. The van der Waals surface area contributed by atoms with Crippen molar-refractivity contribution in [1.82, 2.24) is 10.4 Å². The van der Waals surface area contributed by atoms with Gasteiger partial charge in [-0.25, -0.2) is 8.42 Å². The zero-order valence-corrected chi connectivity index (χ0v) is 10.1. The lowest BCUT2D eigenvalue weighted by Crippen LogP contribution is -2.38. The molecule has 0 aliphatic heterocycles. The van der Waals surface area contributed by atoms with Gasteiger partial charge in [0.1, 0.15) is 9.84 Å². The summed E-state index contributed by atoms with van der Waals surface area (Å²) in [5.41, 5.74) is 3.67. The van der Waals surface area contributed by atoms with Crippen LogP contribution in [0.2, 0.25) is 0 Å². The molecule has 0 fully saturated rings. The maximum Gasteiger partial charge on any atom is 0.147 e. The Labute approximate surface area is 96.0 Å². The summed E-state index contributed by atoms with van der Waals surface area (Å²) in [5, 5.41) is 0. The number of nitrogens with one attached hydrogen (secondary N) is 1. The second kappa shape index (κ2) is 5.93. The van der Waals surface area contributed by atoms with Gasteiger partial charge in [-0.3, -0.25) is 16.3 Å². The molecule has 0 spiro atoms. The van der Waals surface area contributed by atoms with Crippen LogP contribution in [0.3, 0.4) is 0 Å². The summed E-state index contributed by atoms with van der Waals surface area (Å²) < 4.78 is 22.0. The Bertz CT molecular complexity index is 405. The second-order valence-electron chi connectivity index (χ2n) is 3.85. The first-order chi connectivity index (χ1) is 7.51. The molecule has 0 aliphatic carbocycles. The van der Waals surface area contributed by atoms with Crippen LogP contribution in [0, 0.1) is 0 Å². The first kappa shape index (κ1) is 13.1. The van der Waals surface area contributed by atoms with Crippen molar-refractivity contribution in [2.75, 3.05) is 12.0 Å². The molecule has 0 bridgehead atoms. The van der Waals surface area contributed by atoms with Gasteiger partial charge in [-0.1, -0.05) is 6.07 Å². The van der Waals surface area contributed by atoms with Crippen LogP contribution in [0.5, 0.6) is 0 Å². The average Bonchev–Trinajstić information content (AvgIpc) is 2.24. The highest BCUT2D eigenvalue weighted by Crippen LogP contribution is 2.05. The molecule has 0 amide bonds. The molecule has 1 aromatic rings. The minimum absolute atomic E-state index is 0.0427. The summed E-state index contributed by atoms with van der Waals surface area (Å²) in [7, 11) is -2.93. The third kappa shape index (κ3) is 5.20. The maximum absolute atomic E-state index is 11.0. The van der Waals surface area contributed by atoms with Gasteiger partial charge in [0.15, 0.2) is 0 Å². The average molecular weight is 243 g/mol. The van der Waals surface area contributed by atoms with Crippen LogP contribution >= 0.6 is 0 Å². The fraction of sp³-hybridized carbons (Fsp3) is 0.500. The predicted molar refractivity (Wildman–Crippen MR) is 63.4 cm³/mol. The van der Waals surface area contributed by atoms with Gasteiger partial charge in [0, 0.05) is 24.7 Å². The minimum Gasteiger partial charge on any atom is -0.271 e. The molecule has 1 atom stereocenters. The lowest BCUT2D eigenvalue weighted by Gasteiger charge is -2.14. The summed E-state index contributed by atoms with van der Waals surface area (Å²) in [6.07, 6.45) is 5.87. The topological polar surface area (TPSA) is 85.1 Å². The van der Waals surface area contributed by atoms with Crippen LogP contribution in [0.1, 0.15) is 12.0 Å². The molecule has 0 saturated heterocycles. The Kier molecular flexibility index (Phi) is 4.85. The summed E-state index contributed by atoms with van der Waals surface area (Å²) in [4.78, 5) is 3.99. The molecule has 6 heteroatoms. The number of pyridine rings is 1. The van der Waals surface area contributed by atoms with Crippen molar-refractivity contribution < 1.29 is 8.42 Å². The highest BCUT2D eigenvalue weighted by molar-refractivity contribution is 7.90. The molecular weight excluding hydrogens is 226 g/mol. The van der Waals surface area contributed by atoms with E-state index in [0.29, 0.717) is 12.8 Å². The number of nitrogens with zero attached hydrogens (tertiary/aromatic N) is 1. The van der Waals surface area contributed by atoms with Crippen LogP contribution in [0.4, 0.5) is 0 Å². The van der Waals surface area contributed by atoms with Gasteiger partial charge in [0.25, 0.3) is 0 Å². The smallest absolute Gasteiger partial charge is 0.147 e. The normalized spacial score (nSPS) is 13.6. The summed E-state index contributed by atoms with van der Waals surface area (Å²) in [6, 6.07) is 3.75. The molecule has 0 radical (unpaired) electrons. The number of nitrogens with two attached hydrogens (primary N) is 1. The van der Waals surface area contributed by atoms with Gasteiger partial charge in [-0.2, -0.15) is 0 Å². The predicted octanol–water partition coefficient (Wildman–Crippen LogP) is -0.109. The van der Waals surface area contributed by atoms with Gasteiger partial charge in [0.05, 0.1) is 5.75 Å². The van der Waals surface area contributed by atoms with E-state index in [0.717, 1.165) is 5.56 Å². The Morgan fingerprint density at radius 3 is 2.81 bits per heavy atom. The number of hydrazine groups is 1. The lowest BCUT2D eigenvalue weighted by molar-refractivity contribution is 0.506. The van der Waals surface area contributed by atoms with Crippen molar-refractivity contribution in [2.45, 2.75) is 18.9 Å². The Morgan fingerprint density at radius 2 is 2.31 bits per heavy atom. The Balaban J connectivity index is 2.50. The summed E-state index contributed by atoms with van der Waals surface area (Å²) >= 11 is 0. The van der Waals surface area contributed by atoms with E-state index in [9.17, 15) is 8.42 Å². The molecular formula is C10H17N3O2S. The molecule has 1 aromatic heterocycles. The second-order valence-corrected chi connectivity index (χ2v) is 6.11. The van der Waals surface area contributed by atoms with Crippen LogP contribution in [0.15, 0.2) is 24.5 Å². The Hall–Kier alpha value is -0.980. The van der Waals surface area contributed by atoms with Crippen LogP contribution in [-0.4, -0.2) is 31.5 Å². The molecule has 3 N–H and O–H groups in total. The summed E-state index contributed by atoms with van der Waals surface area (Å²) in [5.74, 6) is 5.53. The minimum atomic E-state index is -2.93. The van der Waals surface area contributed by atoms with Gasteiger partial charge in [0.2, 0.25) is 0 Å². The number of aromatic nitrogens is 1. The van der Waals surface area contributed by atoms with E-state index in [1.165, 1.54) is 6.26 Å². The van der Waals surface area contributed by atoms with Gasteiger partial charge >= 0.3 is 0 Å². The van der Waals surface area contributed by atoms with Crippen molar-refractivity contribution in [1.29, 1.82) is 0 Å². The monoisotopic (exact) mass is 243 g/mol. The standard InChI is InChI=1S/C10H17N3O2S/c1-16(14,15)6-4-10(13-11)7-9-3-2-5-12-8-9/h2-3,5,8,10,13H,4,6-7,11H2,1H3. The fourth-order valence-corrected chi connectivity index (χ4v) is 2.12. The van der Waals surface area contributed by atoms with E-state index >= 15 is 0 Å². The van der Waals surface area contributed by atoms with E-state index in [4.69, 9.17) is 5.84 Å². The number of sulfone groups is 1. The van der Waals surface area contributed by atoms with Crippen LogP contribution in [-0.2, 0) is 16.3 Å². The Morgan fingerprint density at radius 1 is 1.56 bits per heavy atom. The van der Waals surface area contributed by atoms with Gasteiger partial charge < -0.3 is 0 Å². The summed E-state index contributed by atoms with van der Waals surface area (Å²) in [6.45, 7) is 0. The zero-order valence-electron chi connectivity index (χ0n) is 9.26. The van der Waals surface area contributed by atoms with Gasteiger partial charge in [-0.05, 0) is 24.5 Å². The highest BCUT2D eigenvalue weighted by Gasteiger charge is 2.11. The van der Waals surface area contributed by atoms with Crippen molar-refractivity contribution in [3.63, 3.8) is 0 Å². The third-order valence-corrected chi connectivity index (χ3v) is 3.25. The third-order valence-electron chi connectivity index (χ3n) is 2.28. The van der Waals surface area contributed by atoms with E-state index < -0.39 is 9.84 Å². The van der Waals surface area contributed by atoms with Crippen molar-refractivity contribution >= 4 is 9.84 Å². The highest BCUT2D eigenvalue weighted by atomic mass is 32.2. The van der Waals surface area contributed by atoms with Crippen molar-refractivity contribution in [2.24, 2.45) is 5.84 Å². The van der Waals surface area contributed by atoms with E-state index in [-0.39, 0.29) is 11.8 Å². The largest absolute Gasteiger partial charge is 0.271 e. The number of hydrogen-bond donors (Lipinski definition) is 2. The maximum atomic E-state index is 11.0. The van der Waals surface area contributed by atoms with Crippen molar-refractivity contribution in [3.8, 4) is 0 Å². The molecule has 1 unspecified atom stereocenters. The zero-order chi connectivity index (χ0) is 12.0. The molecule has 1 rings (SSSR count). The molecule has 0 aliphatic rings. The van der Waals surface area contributed by atoms with Crippen molar-refractivity contribution in [3.05, 3.63) is 30.1 Å². The fourth-order valence-electron chi connectivity index (χ4n) is 1.40. The molecule has 0 aromatic carbocycles. The first-order valence-corrected chi connectivity index (χ1v) is 7.10. The van der Waals surface area contributed by atoms with Crippen LogP contribution in [0.25, 0.3) is 0 Å². The van der Waals surface area contributed by atoms with E-state index in [1.54, 1.807) is 12.4 Å². The molecule has 90 valence electrons. The van der Waals surface area contributed by atoms with Crippen LogP contribution < -0.4 is 11.3 Å². The molecule has 0 saturated carbocycles. The first-order valence-electron chi connectivity index (χ1n) is 5.04. The SMILES string of the molecule is CS(=O)(=O)CCC(Cc1cccnc1)NN. The van der Waals surface area contributed by atoms with Gasteiger partial charge in [-0.15, -0.1) is 0 Å². The van der Waals surface area contributed by atoms with E-state index in [2.05, 4.69) is 10.4 Å². The molecule has 16 heavy (non-hydrogen) atoms. The quantitative estimate of drug-likeness (QED) is 0.538. The molecule has 1 heterocycles. The number of hydrogen-bond acceptors (Lipinski definition) is 5. The van der Waals surface area contributed by atoms with E-state index in [1.807, 2.05) is 12.1 Å².